The minimum atomic E-state index is -1.08. The Kier molecular flexibility index (Phi) is 2.50. The number of carbonyl (C=O) groups is 1. The molecule has 0 fully saturated rings. The van der Waals surface area contributed by atoms with E-state index in [1.54, 1.807) is 0 Å². The number of nitrogens with zero attached hydrogens (tertiary/aromatic N) is 3. The van der Waals surface area contributed by atoms with Gasteiger partial charge in [-0.05, 0) is 13.8 Å². The van der Waals surface area contributed by atoms with Gasteiger partial charge < -0.3 is 5.11 Å². The molecule has 0 bridgehead atoms. The summed E-state index contributed by atoms with van der Waals surface area (Å²) >= 11 is 0. The highest BCUT2D eigenvalue weighted by Crippen LogP contribution is 2.17. The second kappa shape index (κ2) is 3.44. The third kappa shape index (κ3) is 1.70. The minimum Gasteiger partial charge on any atom is -0.480 e. The third-order valence-electron chi connectivity index (χ3n) is 1.84. The van der Waals surface area contributed by atoms with Gasteiger partial charge in [-0.3, -0.25) is 14.8 Å². The lowest BCUT2D eigenvalue weighted by Gasteiger charge is -2.04. The standard InChI is InChI=1S/C7H9N3O4/c1-4-6(10(13)14)3-9(8-4)5(2)7(11)12/h3,5H,1-2H3,(H,11,12). The Morgan fingerprint density at radius 1 is 1.79 bits per heavy atom. The molecule has 14 heavy (non-hydrogen) atoms. The summed E-state index contributed by atoms with van der Waals surface area (Å²) in [5, 5.41) is 22.8. The Balaban J connectivity index is 3.08. The average Bonchev–Trinajstić information content (AvgIpc) is 2.45. The van der Waals surface area contributed by atoms with Gasteiger partial charge in [0, 0.05) is 0 Å². The molecular weight excluding hydrogens is 190 g/mol. The summed E-state index contributed by atoms with van der Waals surface area (Å²) in [6.07, 6.45) is 1.12. The summed E-state index contributed by atoms with van der Waals surface area (Å²) in [5.74, 6) is -1.08. The first-order valence-electron chi connectivity index (χ1n) is 3.86. The number of nitro groups is 1. The molecule has 76 valence electrons. The topological polar surface area (TPSA) is 98.3 Å². The van der Waals surface area contributed by atoms with Gasteiger partial charge in [0.25, 0.3) is 0 Å². The second-order valence-electron chi connectivity index (χ2n) is 2.85. The molecule has 1 aromatic rings. The molecule has 0 aliphatic heterocycles. The number of carboxylic acid groups (broad SMARTS) is 1. The van der Waals surface area contributed by atoms with Crippen LogP contribution in [0.2, 0.25) is 0 Å². The van der Waals surface area contributed by atoms with Gasteiger partial charge in [0.1, 0.15) is 17.9 Å². The Morgan fingerprint density at radius 3 is 2.71 bits per heavy atom. The molecule has 0 amide bonds. The molecule has 1 rings (SSSR count). The molecule has 0 aliphatic carbocycles. The zero-order chi connectivity index (χ0) is 10.9. The predicted octanol–water partition coefficient (Wildman–Crippen LogP) is 0.745. The summed E-state index contributed by atoms with van der Waals surface area (Å²) in [6, 6.07) is -0.901. The first-order chi connectivity index (χ1) is 6.43. The second-order valence-corrected chi connectivity index (χ2v) is 2.85. The fourth-order valence-corrected chi connectivity index (χ4v) is 0.963. The van der Waals surface area contributed by atoms with Crippen molar-refractivity contribution in [2.45, 2.75) is 19.9 Å². The van der Waals surface area contributed by atoms with Gasteiger partial charge in [-0.1, -0.05) is 0 Å². The Morgan fingerprint density at radius 2 is 2.36 bits per heavy atom. The van der Waals surface area contributed by atoms with Crippen molar-refractivity contribution in [1.29, 1.82) is 0 Å². The van der Waals surface area contributed by atoms with Crippen LogP contribution in [0.4, 0.5) is 5.69 Å². The van der Waals surface area contributed by atoms with Crippen LogP contribution in [0, 0.1) is 17.0 Å². The van der Waals surface area contributed by atoms with Gasteiger partial charge in [-0.25, -0.2) is 4.79 Å². The average molecular weight is 199 g/mol. The Hall–Kier alpha value is -1.92. The molecular formula is C7H9N3O4. The van der Waals surface area contributed by atoms with Gasteiger partial charge in [0.15, 0.2) is 0 Å². The van der Waals surface area contributed by atoms with Crippen molar-refractivity contribution in [2.75, 3.05) is 0 Å². The number of hydrogen-bond acceptors (Lipinski definition) is 4. The molecule has 0 spiro atoms. The first kappa shape index (κ1) is 10.2. The highest BCUT2D eigenvalue weighted by molar-refractivity contribution is 5.71. The van der Waals surface area contributed by atoms with Crippen molar-refractivity contribution in [3.8, 4) is 0 Å². The van der Waals surface area contributed by atoms with Crippen molar-refractivity contribution >= 4 is 11.7 Å². The van der Waals surface area contributed by atoms with Gasteiger partial charge >= 0.3 is 11.7 Å². The molecule has 1 N–H and O–H groups in total. The van der Waals surface area contributed by atoms with Crippen molar-refractivity contribution in [2.24, 2.45) is 0 Å². The van der Waals surface area contributed by atoms with E-state index < -0.39 is 16.9 Å². The quantitative estimate of drug-likeness (QED) is 0.571. The highest BCUT2D eigenvalue weighted by atomic mass is 16.6. The van der Waals surface area contributed by atoms with E-state index in [-0.39, 0.29) is 11.4 Å². The Bertz CT molecular complexity index is 384. The highest BCUT2D eigenvalue weighted by Gasteiger charge is 2.21. The molecule has 0 saturated carbocycles. The molecule has 1 aromatic heterocycles. The third-order valence-corrected chi connectivity index (χ3v) is 1.84. The van der Waals surface area contributed by atoms with Crippen molar-refractivity contribution < 1.29 is 14.8 Å². The smallest absolute Gasteiger partial charge is 0.328 e. The predicted molar refractivity (Wildman–Crippen MR) is 46.0 cm³/mol. The van der Waals surface area contributed by atoms with Crippen LogP contribution in [0.3, 0.4) is 0 Å². The molecule has 7 heteroatoms. The van der Waals surface area contributed by atoms with Crippen LogP contribution in [0.15, 0.2) is 6.20 Å². The largest absolute Gasteiger partial charge is 0.480 e. The van der Waals surface area contributed by atoms with E-state index in [0.717, 1.165) is 10.9 Å². The van der Waals surface area contributed by atoms with Crippen LogP contribution < -0.4 is 0 Å². The summed E-state index contributed by atoms with van der Waals surface area (Å²) in [5.41, 5.74) is 0.0428. The van der Waals surface area contributed by atoms with Crippen molar-refractivity contribution in [1.82, 2.24) is 9.78 Å². The summed E-state index contributed by atoms with van der Waals surface area (Å²) in [6.45, 7) is 2.86. The van der Waals surface area contributed by atoms with Gasteiger partial charge in [-0.2, -0.15) is 5.10 Å². The molecule has 0 aliphatic rings. The van der Waals surface area contributed by atoms with Crippen molar-refractivity contribution in [3.63, 3.8) is 0 Å². The lowest BCUT2D eigenvalue weighted by molar-refractivity contribution is -0.385. The molecule has 1 unspecified atom stereocenters. The van der Waals surface area contributed by atoms with E-state index in [1.165, 1.54) is 13.8 Å². The molecule has 1 atom stereocenters. The number of aromatic nitrogens is 2. The van der Waals surface area contributed by atoms with Crippen molar-refractivity contribution in [3.05, 3.63) is 22.0 Å². The monoisotopic (exact) mass is 199 g/mol. The summed E-state index contributed by atoms with van der Waals surface area (Å²) in [7, 11) is 0. The number of rotatable bonds is 3. The van der Waals surface area contributed by atoms with E-state index in [4.69, 9.17) is 5.11 Å². The summed E-state index contributed by atoms with van der Waals surface area (Å²) in [4.78, 5) is 20.4. The van der Waals surface area contributed by atoms with Crippen LogP contribution in [-0.2, 0) is 4.79 Å². The van der Waals surface area contributed by atoms with Gasteiger partial charge in [0.05, 0.1) is 4.92 Å². The fraction of sp³-hybridized carbons (Fsp3) is 0.429. The lowest BCUT2D eigenvalue weighted by atomic mass is 10.3. The summed E-state index contributed by atoms with van der Waals surface area (Å²) < 4.78 is 1.07. The maximum Gasteiger partial charge on any atom is 0.328 e. The number of hydrogen-bond donors (Lipinski definition) is 1. The Labute approximate surface area is 79.1 Å². The van der Waals surface area contributed by atoms with E-state index >= 15 is 0 Å². The number of carboxylic acids is 1. The van der Waals surface area contributed by atoms with E-state index in [2.05, 4.69) is 5.10 Å². The van der Waals surface area contributed by atoms with E-state index in [1.807, 2.05) is 0 Å². The number of aliphatic carboxylic acids is 1. The fourth-order valence-electron chi connectivity index (χ4n) is 0.963. The molecule has 1 heterocycles. The molecule has 0 radical (unpaired) electrons. The molecule has 7 nitrogen and oxygen atoms in total. The van der Waals surface area contributed by atoms with Gasteiger partial charge in [0.2, 0.25) is 0 Å². The lowest BCUT2D eigenvalue weighted by Crippen LogP contribution is -2.15. The SMILES string of the molecule is Cc1nn(C(C)C(=O)O)cc1[N+](=O)[O-]. The van der Waals surface area contributed by atoms with Crippen LogP contribution in [-0.4, -0.2) is 25.8 Å². The molecule has 0 aromatic carbocycles. The maximum atomic E-state index is 10.6. The number of aryl methyl sites for hydroxylation is 1. The zero-order valence-electron chi connectivity index (χ0n) is 7.67. The maximum absolute atomic E-state index is 10.6. The van der Waals surface area contributed by atoms with Crippen LogP contribution in [0.5, 0.6) is 0 Å². The minimum absolute atomic E-state index is 0.168. The van der Waals surface area contributed by atoms with E-state index in [9.17, 15) is 14.9 Å². The van der Waals surface area contributed by atoms with Crippen LogP contribution >= 0.6 is 0 Å². The van der Waals surface area contributed by atoms with Crippen LogP contribution in [0.25, 0.3) is 0 Å². The molecule has 0 saturated heterocycles. The first-order valence-corrected chi connectivity index (χ1v) is 3.86. The van der Waals surface area contributed by atoms with E-state index in [0.29, 0.717) is 0 Å². The van der Waals surface area contributed by atoms with Crippen LogP contribution in [0.1, 0.15) is 18.7 Å². The van der Waals surface area contributed by atoms with Gasteiger partial charge in [-0.15, -0.1) is 0 Å². The zero-order valence-corrected chi connectivity index (χ0v) is 7.67. The normalized spacial score (nSPS) is 12.4.